The molecule has 4 nitrogen and oxygen atoms in total. The van der Waals surface area contributed by atoms with E-state index in [1.165, 1.54) is 60.3 Å². The number of fused-ring (bicyclic) bond motifs is 13. The number of nitrogens with zero attached hydrogens (tertiary/aromatic N) is 2. The largest absolute Gasteiger partial charge is 0.456 e. The second-order valence-electron chi connectivity index (χ2n) is 16.3. The molecule has 272 valence electrons. The van der Waals surface area contributed by atoms with Gasteiger partial charge in [-0.25, -0.2) is 0 Å². The zero-order chi connectivity index (χ0) is 38.4. The van der Waals surface area contributed by atoms with Crippen LogP contribution in [0.25, 0.3) is 65.4 Å². The van der Waals surface area contributed by atoms with Crippen LogP contribution in [-0.4, -0.2) is 6.71 Å². The molecule has 2 aliphatic heterocycles. The van der Waals surface area contributed by atoms with Gasteiger partial charge in [-0.2, -0.15) is 0 Å². The Morgan fingerprint density at radius 3 is 1.66 bits per heavy atom. The fourth-order valence-corrected chi connectivity index (χ4v) is 10.6. The summed E-state index contributed by atoms with van der Waals surface area (Å²) >= 11 is 0. The lowest BCUT2D eigenvalue weighted by atomic mass is 9.33. The van der Waals surface area contributed by atoms with Crippen molar-refractivity contribution in [1.29, 1.82) is 0 Å². The van der Waals surface area contributed by atoms with Crippen molar-refractivity contribution in [2.24, 2.45) is 0 Å². The van der Waals surface area contributed by atoms with Gasteiger partial charge in [-0.3, -0.25) is 0 Å². The van der Waals surface area contributed by atoms with Crippen LogP contribution in [0, 0.1) is 20.8 Å². The molecule has 0 saturated carbocycles. The first-order valence-electron chi connectivity index (χ1n) is 20.1. The third kappa shape index (κ3) is 4.25. The molecule has 0 saturated heterocycles. The van der Waals surface area contributed by atoms with Gasteiger partial charge in [-0.15, -0.1) is 0 Å². The molecule has 0 aliphatic carbocycles. The standard InChI is InChI=1S/C53H35BN2O2/c1-30-22-31(2)51(32(3)23-30)54-42-28-41-39-17-9-11-19-48(39)58-50(41)29-43(42)56-45-25-34-13-5-4-12-33(34)24-44(45)55(46-26-35-14-6-7-15-37(35)52(54)53(46)56)36-20-21-40-38-16-8-10-18-47(38)57-49(40)27-36/h4-29H,1-3H3. The van der Waals surface area contributed by atoms with Gasteiger partial charge in [0.25, 0.3) is 0 Å². The summed E-state index contributed by atoms with van der Waals surface area (Å²) in [6.07, 6.45) is 0. The Morgan fingerprint density at radius 2 is 0.948 bits per heavy atom. The van der Waals surface area contributed by atoms with Gasteiger partial charge < -0.3 is 18.6 Å². The van der Waals surface area contributed by atoms with E-state index in [2.05, 4.69) is 182 Å². The maximum absolute atomic E-state index is 6.69. The van der Waals surface area contributed by atoms with Crippen LogP contribution in [0.2, 0.25) is 0 Å². The zero-order valence-electron chi connectivity index (χ0n) is 32.3. The highest BCUT2D eigenvalue weighted by Crippen LogP contribution is 2.57. The van der Waals surface area contributed by atoms with Crippen LogP contribution in [0.5, 0.6) is 0 Å². The van der Waals surface area contributed by atoms with Gasteiger partial charge in [0.05, 0.1) is 28.4 Å². The van der Waals surface area contributed by atoms with E-state index in [0.29, 0.717) is 0 Å². The lowest BCUT2D eigenvalue weighted by Gasteiger charge is -2.46. The predicted octanol–water partition coefficient (Wildman–Crippen LogP) is 12.8. The third-order valence-corrected chi connectivity index (χ3v) is 12.8. The Labute approximate surface area is 335 Å². The van der Waals surface area contributed by atoms with E-state index >= 15 is 0 Å². The highest BCUT2D eigenvalue weighted by atomic mass is 16.3. The molecule has 0 radical (unpaired) electrons. The number of rotatable bonds is 2. The summed E-state index contributed by atoms with van der Waals surface area (Å²) in [5.74, 6) is 0. The molecule has 5 heteroatoms. The molecule has 0 atom stereocenters. The normalized spacial score (nSPS) is 13.3. The van der Waals surface area contributed by atoms with Gasteiger partial charge in [0.1, 0.15) is 22.3 Å². The summed E-state index contributed by atoms with van der Waals surface area (Å²) in [5.41, 5.74) is 18.2. The maximum Gasteiger partial charge on any atom is 0.248 e. The molecule has 2 aliphatic rings. The topological polar surface area (TPSA) is 32.8 Å². The summed E-state index contributed by atoms with van der Waals surface area (Å²) < 4.78 is 13.2. The van der Waals surface area contributed by atoms with Gasteiger partial charge >= 0.3 is 0 Å². The Hall–Kier alpha value is -7.24. The van der Waals surface area contributed by atoms with Crippen molar-refractivity contribution in [2.45, 2.75) is 20.8 Å². The van der Waals surface area contributed by atoms with Gasteiger partial charge in [0, 0.05) is 39.4 Å². The van der Waals surface area contributed by atoms with Gasteiger partial charge in [-0.05, 0) is 95.7 Å². The molecule has 4 heterocycles. The van der Waals surface area contributed by atoms with Crippen LogP contribution in [0.3, 0.4) is 0 Å². The molecule has 0 bridgehead atoms. The number of hydrogen-bond acceptors (Lipinski definition) is 4. The first-order chi connectivity index (χ1) is 28.5. The van der Waals surface area contributed by atoms with Crippen LogP contribution in [-0.2, 0) is 0 Å². The van der Waals surface area contributed by atoms with E-state index in [9.17, 15) is 0 Å². The molecular weight excluding hydrogens is 707 g/mol. The first kappa shape index (κ1) is 31.9. The van der Waals surface area contributed by atoms with E-state index in [0.717, 1.165) is 72.3 Å². The molecule has 0 unspecified atom stereocenters. The SMILES string of the molecule is Cc1cc(C)c(B2c3cc4c(cc3N3c5cc6ccccc6cc5N(c5ccc6c(c5)oc5ccccc56)c5cc6ccccc6c2c53)oc2ccccc24)c(C)c1. The fourth-order valence-electron chi connectivity index (χ4n) is 10.6. The molecule has 0 spiro atoms. The van der Waals surface area contributed by atoms with Crippen molar-refractivity contribution in [3.8, 4) is 0 Å². The van der Waals surface area contributed by atoms with E-state index in [4.69, 9.17) is 8.83 Å². The van der Waals surface area contributed by atoms with E-state index < -0.39 is 0 Å². The van der Waals surface area contributed by atoms with Gasteiger partial charge in [0.15, 0.2) is 0 Å². The Balaban J connectivity index is 1.21. The van der Waals surface area contributed by atoms with Crippen molar-refractivity contribution in [3.63, 3.8) is 0 Å². The molecule has 58 heavy (non-hydrogen) atoms. The highest BCUT2D eigenvalue weighted by Gasteiger charge is 2.44. The molecule has 0 amide bonds. The fraction of sp³-hybridized carbons (Fsp3) is 0.0566. The summed E-state index contributed by atoms with van der Waals surface area (Å²) in [6.45, 7) is 6.74. The lowest BCUT2D eigenvalue weighted by molar-refractivity contribution is 0.668. The number of hydrogen-bond donors (Lipinski definition) is 0. The minimum Gasteiger partial charge on any atom is -0.456 e. The highest BCUT2D eigenvalue weighted by molar-refractivity contribution is 7.00. The van der Waals surface area contributed by atoms with Crippen LogP contribution in [0.1, 0.15) is 16.7 Å². The third-order valence-electron chi connectivity index (χ3n) is 12.8. The molecule has 0 fully saturated rings. The Bertz CT molecular complexity index is 3570. The summed E-state index contributed by atoms with van der Waals surface area (Å²) in [6, 6.07) is 57.8. The minimum atomic E-state index is -0.0496. The van der Waals surface area contributed by atoms with Crippen molar-refractivity contribution >= 4 is 123 Å². The molecule has 13 rings (SSSR count). The van der Waals surface area contributed by atoms with Gasteiger partial charge in [-0.1, -0.05) is 125 Å². The number of aryl methyl sites for hydroxylation is 3. The van der Waals surface area contributed by atoms with E-state index in [1.807, 2.05) is 6.07 Å². The van der Waals surface area contributed by atoms with Crippen LogP contribution >= 0.6 is 0 Å². The smallest absolute Gasteiger partial charge is 0.248 e. The minimum absolute atomic E-state index is 0.0496. The van der Waals surface area contributed by atoms with Crippen LogP contribution in [0.4, 0.5) is 34.1 Å². The predicted molar refractivity (Wildman–Crippen MR) is 244 cm³/mol. The van der Waals surface area contributed by atoms with E-state index in [-0.39, 0.29) is 6.71 Å². The number of anilines is 6. The second kappa shape index (κ2) is 11.4. The molecule has 0 N–H and O–H groups in total. The average Bonchev–Trinajstić information content (AvgIpc) is 3.80. The molecule has 11 aromatic rings. The van der Waals surface area contributed by atoms with Crippen molar-refractivity contribution in [1.82, 2.24) is 0 Å². The number of para-hydroxylation sites is 2. The van der Waals surface area contributed by atoms with Gasteiger partial charge in [0.2, 0.25) is 6.71 Å². The summed E-state index contributed by atoms with van der Waals surface area (Å²) in [5, 5.41) is 9.37. The molecule has 2 aromatic heterocycles. The first-order valence-corrected chi connectivity index (χ1v) is 20.1. The summed E-state index contributed by atoms with van der Waals surface area (Å²) in [4.78, 5) is 5.03. The number of furan rings is 2. The molecular formula is C53H35BN2O2. The monoisotopic (exact) mass is 742 g/mol. The second-order valence-corrected chi connectivity index (χ2v) is 16.3. The Morgan fingerprint density at radius 1 is 0.397 bits per heavy atom. The van der Waals surface area contributed by atoms with E-state index in [1.54, 1.807) is 0 Å². The summed E-state index contributed by atoms with van der Waals surface area (Å²) in [7, 11) is 0. The average molecular weight is 743 g/mol. The van der Waals surface area contributed by atoms with Crippen LogP contribution < -0.4 is 26.2 Å². The lowest BCUT2D eigenvalue weighted by Crippen LogP contribution is -2.59. The maximum atomic E-state index is 6.69. The number of benzene rings is 9. The zero-order valence-corrected chi connectivity index (χ0v) is 32.3. The molecule has 9 aromatic carbocycles. The van der Waals surface area contributed by atoms with Crippen molar-refractivity contribution < 1.29 is 8.83 Å². The quantitative estimate of drug-likeness (QED) is 0.165. The van der Waals surface area contributed by atoms with Crippen molar-refractivity contribution in [2.75, 3.05) is 9.80 Å². The Kier molecular flexibility index (Phi) is 6.29. The van der Waals surface area contributed by atoms with Crippen LogP contribution in [0.15, 0.2) is 167 Å². The van der Waals surface area contributed by atoms with Crippen molar-refractivity contribution in [3.05, 3.63) is 174 Å².